The van der Waals surface area contributed by atoms with Gasteiger partial charge in [-0.2, -0.15) is 0 Å². The summed E-state index contributed by atoms with van der Waals surface area (Å²) in [6.07, 6.45) is 0. The summed E-state index contributed by atoms with van der Waals surface area (Å²) >= 11 is 1.34. The lowest BCUT2D eigenvalue weighted by Crippen LogP contribution is -2.15. The molecule has 27 heavy (non-hydrogen) atoms. The van der Waals surface area contributed by atoms with Gasteiger partial charge >= 0.3 is 5.69 Å². The predicted octanol–water partition coefficient (Wildman–Crippen LogP) is 1.65. The molecule has 136 valence electrons. The van der Waals surface area contributed by atoms with Crippen molar-refractivity contribution in [1.82, 2.24) is 19.5 Å². The van der Waals surface area contributed by atoms with Gasteiger partial charge in [0.2, 0.25) is 0 Å². The summed E-state index contributed by atoms with van der Waals surface area (Å²) in [5, 5.41) is 12.5. The van der Waals surface area contributed by atoms with Crippen LogP contribution in [0.15, 0.2) is 40.5 Å². The van der Waals surface area contributed by atoms with Crippen molar-refractivity contribution < 1.29 is 14.6 Å². The Balaban J connectivity index is 2.03. The molecule has 0 unspecified atom stereocenters. The third kappa shape index (κ3) is 2.72. The van der Waals surface area contributed by atoms with E-state index in [-0.39, 0.29) is 34.2 Å². The Hall–Kier alpha value is -3.66. The highest BCUT2D eigenvalue weighted by Gasteiger charge is 2.21. The number of H-pyrrole nitrogens is 1. The Kier molecular flexibility index (Phi) is 3.89. The van der Waals surface area contributed by atoms with Gasteiger partial charge in [0.15, 0.2) is 28.7 Å². The molecule has 0 atom stereocenters. The van der Waals surface area contributed by atoms with Crippen LogP contribution in [-0.2, 0) is 0 Å². The number of methoxy groups -OCH3 is 1. The maximum absolute atomic E-state index is 12.4. The first-order valence-corrected chi connectivity index (χ1v) is 8.61. The topological polar surface area (TPSA) is 136 Å². The van der Waals surface area contributed by atoms with Crippen LogP contribution in [0.25, 0.3) is 27.6 Å². The van der Waals surface area contributed by atoms with E-state index in [9.17, 15) is 14.7 Å². The van der Waals surface area contributed by atoms with Crippen molar-refractivity contribution in [2.75, 3.05) is 7.11 Å². The van der Waals surface area contributed by atoms with Crippen LogP contribution in [0.1, 0.15) is 10.5 Å². The number of aromatic hydroxyl groups is 1. The lowest BCUT2D eigenvalue weighted by atomic mass is 10.2. The number of aromatic amines is 1. The number of hydrogen-bond donors (Lipinski definition) is 3. The summed E-state index contributed by atoms with van der Waals surface area (Å²) in [6, 6.07) is 8.13. The zero-order valence-corrected chi connectivity index (χ0v) is 14.8. The molecule has 0 fully saturated rings. The summed E-state index contributed by atoms with van der Waals surface area (Å²) in [6.45, 7) is 0. The van der Waals surface area contributed by atoms with E-state index in [2.05, 4.69) is 15.0 Å². The second-order valence-corrected chi connectivity index (χ2v) is 6.49. The fraction of sp³-hybridized carbons (Fsp3) is 0.0588. The number of nitrogens with zero attached hydrogens (tertiary/aromatic N) is 3. The largest absolute Gasteiger partial charge is 0.504 e. The first-order chi connectivity index (χ1) is 13.0. The average Bonchev–Trinajstić information content (AvgIpc) is 3.27. The molecule has 4 aromatic rings. The molecule has 4 rings (SSSR count). The van der Waals surface area contributed by atoms with E-state index in [1.165, 1.54) is 29.1 Å². The zero-order valence-electron chi connectivity index (χ0n) is 14.0. The number of thiophene rings is 1. The number of aromatic nitrogens is 4. The molecule has 0 spiro atoms. The van der Waals surface area contributed by atoms with E-state index >= 15 is 0 Å². The number of phenolic OH excluding ortho intramolecular Hbond substituents is 1. The number of primary amides is 1. The van der Waals surface area contributed by atoms with Gasteiger partial charge < -0.3 is 20.6 Å². The number of amides is 1. The number of fused-ring (bicyclic) bond motifs is 1. The minimum Gasteiger partial charge on any atom is -0.504 e. The van der Waals surface area contributed by atoms with Crippen LogP contribution in [0.3, 0.4) is 0 Å². The first-order valence-electron chi connectivity index (χ1n) is 7.73. The molecular formula is C17H13N5O4S. The fourth-order valence-corrected chi connectivity index (χ4v) is 3.45. The second kappa shape index (κ2) is 6.25. The van der Waals surface area contributed by atoms with Crippen molar-refractivity contribution in [2.24, 2.45) is 5.73 Å². The average molecular weight is 383 g/mol. The number of benzene rings is 1. The summed E-state index contributed by atoms with van der Waals surface area (Å²) < 4.78 is 6.37. The number of carbonyl (C=O) groups is 1. The van der Waals surface area contributed by atoms with E-state index in [0.717, 1.165) is 0 Å². The molecule has 3 aromatic heterocycles. The van der Waals surface area contributed by atoms with Crippen LogP contribution in [-0.4, -0.2) is 37.6 Å². The second-order valence-electron chi connectivity index (χ2n) is 5.56. The minimum atomic E-state index is -0.805. The maximum atomic E-state index is 12.4. The number of nitrogens with one attached hydrogen (secondary N) is 1. The van der Waals surface area contributed by atoms with Crippen molar-refractivity contribution in [3.05, 3.63) is 51.9 Å². The number of ether oxygens (including phenoxy) is 1. The van der Waals surface area contributed by atoms with Crippen LogP contribution in [0.5, 0.6) is 11.5 Å². The third-order valence-corrected chi connectivity index (χ3v) is 4.79. The molecule has 0 aliphatic heterocycles. The quantitative estimate of drug-likeness (QED) is 0.490. The smallest absolute Gasteiger partial charge is 0.333 e. The lowest BCUT2D eigenvalue weighted by molar-refractivity contribution is 0.0997. The number of hydrogen-bond acceptors (Lipinski definition) is 7. The van der Waals surface area contributed by atoms with Crippen LogP contribution < -0.4 is 16.2 Å². The van der Waals surface area contributed by atoms with E-state index in [0.29, 0.717) is 10.6 Å². The van der Waals surface area contributed by atoms with Crippen molar-refractivity contribution in [1.29, 1.82) is 0 Å². The van der Waals surface area contributed by atoms with Crippen LogP contribution in [0.2, 0.25) is 0 Å². The molecule has 4 N–H and O–H groups in total. The number of carbonyl (C=O) groups excluding carboxylic acids is 1. The lowest BCUT2D eigenvalue weighted by Gasteiger charge is -2.07. The van der Waals surface area contributed by atoms with Gasteiger partial charge in [-0.1, -0.05) is 0 Å². The first kappa shape index (κ1) is 16.8. The molecular weight excluding hydrogens is 370 g/mol. The van der Waals surface area contributed by atoms with Gasteiger partial charge in [0.05, 0.1) is 7.11 Å². The highest BCUT2D eigenvalue weighted by molar-refractivity contribution is 7.12. The minimum absolute atomic E-state index is 0.107. The van der Waals surface area contributed by atoms with Crippen molar-refractivity contribution in [2.45, 2.75) is 0 Å². The van der Waals surface area contributed by atoms with Crippen LogP contribution in [0.4, 0.5) is 0 Å². The fourth-order valence-electron chi connectivity index (χ4n) is 2.72. The van der Waals surface area contributed by atoms with Gasteiger partial charge in [0.25, 0.3) is 5.91 Å². The number of phenols is 1. The molecule has 10 heteroatoms. The zero-order chi connectivity index (χ0) is 19.1. The predicted molar refractivity (Wildman–Crippen MR) is 99.5 cm³/mol. The number of imidazole rings is 1. The summed E-state index contributed by atoms with van der Waals surface area (Å²) in [5.41, 5.74) is 5.69. The molecule has 0 bridgehead atoms. The van der Waals surface area contributed by atoms with Gasteiger partial charge in [0, 0.05) is 5.56 Å². The highest BCUT2D eigenvalue weighted by atomic mass is 32.1. The van der Waals surface area contributed by atoms with Crippen LogP contribution in [0, 0.1) is 0 Å². The molecule has 0 aliphatic carbocycles. The SMILES string of the molecule is COc1ccc(-c2nc(C(N)=O)c3[nH]c(=O)n(-c4cccs4)c3n2)cc1O. The van der Waals surface area contributed by atoms with Gasteiger partial charge in [-0.3, -0.25) is 4.79 Å². The van der Waals surface area contributed by atoms with Gasteiger partial charge in [-0.25, -0.2) is 19.3 Å². The highest BCUT2D eigenvalue weighted by Crippen LogP contribution is 2.31. The molecule has 1 aromatic carbocycles. The Bertz CT molecular complexity index is 1230. The molecule has 0 saturated heterocycles. The van der Waals surface area contributed by atoms with E-state index in [1.54, 1.807) is 24.3 Å². The Morgan fingerprint density at radius 2 is 2.15 bits per heavy atom. The Morgan fingerprint density at radius 3 is 2.78 bits per heavy atom. The Morgan fingerprint density at radius 1 is 1.33 bits per heavy atom. The molecule has 0 saturated carbocycles. The summed E-state index contributed by atoms with van der Waals surface area (Å²) in [5.74, 6) is -0.490. The van der Waals surface area contributed by atoms with Crippen molar-refractivity contribution in [3.63, 3.8) is 0 Å². The Labute approximate surface area is 155 Å². The van der Waals surface area contributed by atoms with Crippen LogP contribution >= 0.6 is 11.3 Å². The number of nitrogens with two attached hydrogens (primary N) is 1. The molecule has 0 radical (unpaired) electrons. The maximum Gasteiger partial charge on any atom is 0.333 e. The molecule has 1 amide bonds. The van der Waals surface area contributed by atoms with E-state index in [1.807, 2.05) is 5.38 Å². The normalized spacial score (nSPS) is 11.0. The van der Waals surface area contributed by atoms with Gasteiger partial charge in [0.1, 0.15) is 10.5 Å². The molecule has 3 heterocycles. The molecule has 9 nitrogen and oxygen atoms in total. The standard InChI is InChI=1S/C17H13N5O4S/c1-26-10-5-4-8(7-9(10)23)15-19-12(14(18)24)13-16(21-15)22(17(25)20-13)11-3-2-6-27-11/h2-7,23H,1H3,(H2,18,24)(H,20,25). The monoisotopic (exact) mass is 383 g/mol. The van der Waals surface area contributed by atoms with Crippen molar-refractivity contribution >= 4 is 28.4 Å². The van der Waals surface area contributed by atoms with Gasteiger partial charge in [-0.05, 0) is 35.7 Å². The summed E-state index contributed by atoms with van der Waals surface area (Å²) in [4.78, 5) is 35.5. The van der Waals surface area contributed by atoms with Gasteiger partial charge in [-0.15, -0.1) is 11.3 Å². The van der Waals surface area contributed by atoms with E-state index in [4.69, 9.17) is 10.5 Å². The summed E-state index contributed by atoms with van der Waals surface area (Å²) in [7, 11) is 1.43. The molecule has 0 aliphatic rings. The van der Waals surface area contributed by atoms with E-state index < -0.39 is 11.6 Å². The van der Waals surface area contributed by atoms with Crippen molar-refractivity contribution in [3.8, 4) is 27.9 Å². The third-order valence-electron chi connectivity index (χ3n) is 3.93. The number of rotatable bonds is 4.